The van der Waals surface area contributed by atoms with Gasteiger partial charge in [0.1, 0.15) is 5.75 Å². The van der Waals surface area contributed by atoms with Crippen molar-refractivity contribution in [2.75, 3.05) is 13.7 Å². The number of benzene rings is 1. The number of nitrogens with one attached hydrogen (secondary N) is 1. The molecule has 0 saturated heterocycles. The normalized spacial score (nSPS) is 13.2. The molecule has 0 fully saturated rings. The van der Waals surface area contributed by atoms with Crippen molar-refractivity contribution in [2.45, 2.75) is 45.6 Å². The molecule has 0 heterocycles. The average Bonchev–Trinajstić information content (AvgIpc) is 2.45. The summed E-state index contributed by atoms with van der Waals surface area (Å²) in [4.78, 5) is 12.1. The Bertz CT molecular complexity index is 435. The highest BCUT2D eigenvalue weighted by Gasteiger charge is 2.15. The molecule has 1 rings (SSSR count). The molecule has 1 aromatic rings. The van der Waals surface area contributed by atoms with Crippen molar-refractivity contribution >= 4 is 18.3 Å². The maximum atomic E-state index is 12.1. The van der Waals surface area contributed by atoms with Gasteiger partial charge in [0.25, 0.3) is 0 Å². The first kappa shape index (κ1) is 20.7. The summed E-state index contributed by atoms with van der Waals surface area (Å²) in [6.07, 6.45) is 1.39. The second kappa shape index (κ2) is 10.5. The zero-order chi connectivity index (χ0) is 15.8. The second-order valence-corrected chi connectivity index (χ2v) is 6.01. The van der Waals surface area contributed by atoms with Crippen LogP contribution in [0.15, 0.2) is 24.3 Å². The molecule has 0 spiro atoms. The fourth-order valence-corrected chi connectivity index (χ4v) is 2.40. The van der Waals surface area contributed by atoms with Crippen LogP contribution in [-0.2, 0) is 4.79 Å². The van der Waals surface area contributed by atoms with Crippen molar-refractivity contribution in [3.8, 4) is 5.75 Å². The molecule has 126 valence electrons. The number of rotatable bonds is 8. The van der Waals surface area contributed by atoms with Crippen LogP contribution in [0.5, 0.6) is 5.75 Å². The lowest BCUT2D eigenvalue weighted by atomic mass is 9.96. The largest absolute Gasteiger partial charge is 0.497 e. The number of methoxy groups -OCH3 is 1. The SMILES string of the molecule is COc1ccc(C(C)CC(=O)NC(CN)CC(C)C)cc1.Cl. The van der Waals surface area contributed by atoms with Crippen LogP contribution in [0.1, 0.15) is 45.1 Å². The van der Waals surface area contributed by atoms with Crippen LogP contribution < -0.4 is 15.8 Å². The predicted molar refractivity (Wildman–Crippen MR) is 93.7 cm³/mol. The zero-order valence-corrected chi connectivity index (χ0v) is 14.8. The van der Waals surface area contributed by atoms with E-state index in [1.165, 1.54) is 0 Å². The monoisotopic (exact) mass is 328 g/mol. The minimum atomic E-state index is 0. The molecule has 0 radical (unpaired) electrons. The summed E-state index contributed by atoms with van der Waals surface area (Å²) >= 11 is 0. The molecule has 0 aromatic heterocycles. The molecule has 1 amide bonds. The Balaban J connectivity index is 0.00000441. The van der Waals surface area contributed by atoms with E-state index in [0.29, 0.717) is 18.9 Å². The third kappa shape index (κ3) is 7.14. The van der Waals surface area contributed by atoms with E-state index in [1.54, 1.807) is 7.11 Å². The minimum Gasteiger partial charge on any atom is -0.497 e. The number of hydrogen-bond acceptors (Lipinski definition) is 3. The van der Waals surface area contributed by atoms with Gasteiger partial charge in [0.2, 0.25) is 5.91 Å². The minimum absolute atomic E-state index is 0. The van der Waals surface area contributed by atoms with Gasteiger partial charge in [-0.05, 0) is 36.0 Å². The topological polar surface area (TPSA) is 64.3 Å². The van der Waals surface area contributed by atoms with Gasteiger partial charge in [-0.25, -0.2) is 0 Å². The summed E-state index contributed by atoms with van der Waals surface area (Å²) in [5.74, 6) is 1.59. The molecular weight excluding hydrogens is 300 g/mol. The molecule has 5 heteroatoms. The lowest BCUT2D eigenvalue weighted by molar-refractivity contribution is -0.122. The lowest BCUT2D eigenvalue weighted by Gasteiger charge is -2.20. The van der Waals surface area contributed by atoms with Crippen LogP contribution in [0.4, 0.5) is 0 Å². The van der Waals surface area contributed by atoms with Crippen LogP contribution in [0.2, 0.25) is 0 Å². The van der Waals surface area contributed by atoms with Crippen molar-refractivity contribution < 1.29 is 9.53 Å². The van der Waals surface area contributed by atoms with E-state index in [-0.39, 0.29) is 30.3 Å². The van der Waals surface area contributed by atoms with E-state index in [2.05, 4.69) is 26.1 Å². The number of ether oxygens (including phenoxy) is 1. The quantitative estimate of drug-likeness (QED) is 0.770. The maximum Gasteiger partial charge on any atom is 0.220 e. The second-order valence-electron chi connectivity index (χ2n) is 6.01. The molecule has 1 aromatic carbocycles. The zero-order valence-electron chi connectivity index (χ0n) is 14.0. The van der Waals surface area contributed by atoms with Gasteiger partial charge in [0.15, 0.2) is 0 Å². The smallest absolute Gasteiger partial charge is 0.220 e. The van der Waals surface area contributed by atoms with Crippen LogP contribution in [0.25, 0.3) is 0 Å². The highest BCUT2D eigenvalue weighted by atomic mass is 35.5. The Morgan fingerprint density at radius 2 is 1.82 bits per heavy atom. The Kier molecular flexibility index (Phi) is 9.86. The van der Waals surface area contributed by atoms with E-state index < -0.39 is 0 Å². The molecule has 3 N–H and O–H groups in total. The van der Waals surface area contributed by atoms with Crippen LogP contribution >= 0.6 is 12.4 Å². The fourth-order valence-electron chi connectivity index (χ4n) is 2.40. The van der Waals surface area contributed by atoms with Gasteiger partial charge in [0.05, 0.1) is 7.11 Å². The Hall–Kier alpha value is -1.26. The van der Waals surface area contributed by atoms with E-state index in [0.717, 1.165) is 17.7 Å². The van der Waals surface area contributed by atoms with Gasteiger partial charge < -0.3 is 15.8 Å². The third-order valence-electron chi connectivity index (χ3n) is 3.58. The van der Waals surface area contributed by atoms with Crippen molar-refractivity contribution in [3.05, 3.63) is 29.8 Å². The van der Waals surface area contributed by atoms with Gasteiger partial charge in [-0.2, -0.15) is 0 Å². The number of hydrogen-bond donors (Lipinski definition) is 2. The third-order valence-corrected chi connectivity index (χ3v) is 3.58. The van der Waals surface area contributed by atoms with Crippen LogP contribution in [0.3, 0.4) is 0 Å². The molecule has 2 atom stereocenters. The number of halogens is 1. The summed E-state index contributed by atoms with van der Waals surface area (Å²) in [5.41, 5.74) is 6.85. The number of amides is 1. The molecule has 0 bridgehead atoms. The molecule has 2 unspecified atom stereocenters. The number of carbonyl (C=O) groups is 1. The van der Waals surface area contributed by atoms with Crippen molar-refractivity contribution in [1.82, 2.24) is 5.32 Å². The number of nitrogens with two attached hydrogens (primary N) is 1. The predicted octanol–water partition coefficient (Wildman–Crippen LogP) is 3.10. The van der Waals surface area contributed by atoms with E-state index in [4.69, 9.17) is 10.5 Å². The van der Waals surface area contributed by atoms with E-state index in [9.17, 15) is 4.79 Å². The Morgan fingerprint density at radius 1 is 1.23 bits per heavy atom. The summed E-state index contributed by atoms with van der Waals surface area (Å²) < 4.78 is 5.14. The average molecular weight is 329 g/mol. The van der Waals surface area contributed by atoms with Crippen molar-refractivity contribution in [2.24, 2.45) is 11.7 Å². The fraction of sp³-hybridized carbons (Fsp3) is 0.588. The van der Waals surface area contributed by atoms with E-state index >= 15 is 0 Å². The van der Waals surface area contributed by atoms with Crippen molar-refractivity contribution in [3.63, 3.8) is 0 Å². The first-order chi connectivity index (χ1) is 9.96. The lowest BCUT2D eigenvalue weighted by Crippen LogP contribution is -2.41. The summed E-state index contributed by atoms with van der Waals surface area (Å²) in [6.45, 7) is 6.81. The first-order valence-electron chi connectivity index (χ1n) is 7.59. The summed E-state index contributed by atoms with van der Waals surface area (Å²) in [5, 5.41) is 3.03. The van der Waals surface area contributed by atoms with E-state index in [1.807, 2.05) is 24.3 Å². The van der Waals surface area contributed by atoms with Crippen molar-refractivity contribution in [1.29, 1.82) is 0 Å². The standard InChI is InChI=1S/C17H28N2O2.ClH/c1-12(2)9-15(11-18)19-17(20)10-13(3)14-5-7-16(21-4)8-6-14;/h5-8,12-13,15H,9-11,18H2,1-4H3,(H,19,20);1H. The Morgan fingerprint density at radius 3 is 2.27 bits per heavy atom. The number of carbonyl (C=O) groups excluding carboxylic acids is 1. The van der Waals surface area contributed by atoms with Gasteiger partial charge in [-0.15, -0.1) is 12.4 Å². The highest BCUT2D eigenvalue weighted by Crippen LogP contribution is 2.21. The van der Waals surface area contributed by atoms with Crippen LogP contribution in [-0.4, -0.2) is 25.6 Å². The molecule has 0 aliphatic carbocycles. The van der Waals surface area contributed by atoms with Crippen LogP contribution in [0, 0.1) is 5.92 Å². The van der Waals surface area contributed by atoms with Gasteiger partial charge in [-0.3, -0.25) is 4.79 Å². The molecule has 4 nitrogen and oxygen atoms in total. The highest BCUT2D eigenvalue weighted by molar-refractivity contribution is 5.85. The molecule has 22 heavy (non-hydrogen) atoms. The molecular formula is C17H29ClN2O2. The molecule has 0 aliphatic heterocycles. The molecule has 0 aliphatic rings. The summed E-state index contributed by atoms with van der Waals surface area (Å²) in [6, 6.07) is 7.92. The molecule has 0 saturated carbocycles. The first-order valence-corrected chi connectivity index (χ1v) is 7.59. The van der Waals surface area contributed by atoms with Gasteiger partial charge >= 0.3 is 0 Å². The maximum absolute atomic E-state index is 12.1. The summed E-state index contributed by atoms with van der Waals surface area (Å²) in [7, 11) is 1.65. The van der Waals surface area contributed by atoms with Gasteiger partial charge in [0, 0.05) is 19.0 Å². The Labute approximate surface area is 140 Å². The van der Waals surface area contributed by atoms with Gasteiger partial charge in [-0.1, -0.05) is 32.9 Å².